The first kappa shape index (κ1) is 15.0. The van der Waals surface area contributed by atoms with Gasteiger partial charge >= 0.3 is 0 Å². The average molecular weight is 281 g/mol. The van der Waals surface area contributed by atoms with Gasteiger partial charge in [0.2, 0.25) is 0 Å². The van der Waals surface area contributed by atoms with Crippen molar-refractivity contribution in [2.75, 3.05) is 0 Å². The van der Waals surface area contributed by atoms with Gasteiger partial charge in [0.15, 0.2) is 0 Å². The van der Waals surface area contributed by atoms with Crippen LogP contribution in [0.5, 0.6) is 0 Å². The highest BCUT2D eigenvalue weighted by molar-refractivity contribution is 5.94. The quantitative estimate of drug-likeness (QED) is 0.922. The number of rotatable bonds is 4. The van der Waals surface area contributed by atoms with E-state index in [0.717, 1.165) is 5.56 Å². The maximum absolute atomic E-state index is 12.3. The summed E-state index contributed by atoms with van der Waals surface area (Å²) in [5.41, 5.74) is 1.45. The van der Waals surface area contributed by atoms with Gasteiger partial charge in [-0.05, 0) is 23.5 Å². The molecule has 3 unspecified atom stereocenters. The van der Waals surface area contributed by atoms with E-state index in [4.69, 9.17) is 5.26 Å². The van der Waals surface area contributed by atoms with Crippen molar-refractivity contribution in [2.45, 2.75) is 32.2 Å². The number of allylic oxidation sites excluding steroid dienone is 2. The van der Waals surface area contributed by atoms with Gasteiger partial charge in [0.05, 0.1) is 17.7 Å². The summed E-state index contributed by atoms with van der Waals surface area (Å²) in [5, 5.41) is 11.8. The molecule has 0 fully saturated rings. The SMILES string of the molecule is CC(CC#N)c1cncc(C(=O)NC2C=CC=CC2C)c1. The number of amides is 1. The smallest absolute Gasteiger partial charge is 0.253 e. The standard InChI is InChI=1S/C17H19N3O/c1-12(7-8-18)14-9-15(11-19-10-14)17(21)20-16-6-4-3-5-13(16)2/h3-6,9-13,16H,7H2,1-2H3,(H,20,21). The molecule has 0 saturated heterocycles. The van der Waals surface area contributed by atoms with Crippen molar-refractivity contribution in [3.63, 3.8) is 0 Å². The molecule has 0 aromatic carbocycles. The summed E-state index contributed by atoms with van der Waals surface area (Å²) in [6, 6.07) is 3.96. The van der Waals surface area contributed by atoms with E-state index in [-0.39, 0.29) is 23.8 Å². The van der Waals surface area contributed by atoms with Crippen LogP contribution < -0.4 is 5.32 Å². The van der Waals surface area contributed by atoms with E-state index in [1.807, 2.05) is 31.2 Å². The fourth-order valence-corrected chi connectivity index (χ4v) is 2.24. The van der Waals surface area contributed by atoms with E-state index in [1.54, 1.807) is 12.4 Å². The molecular formula is C17H19N3O. The van der Waals surface area contributed by atoms with Gasteiger partial charge in [-0.1, -0.05) is 38.2 Å². The summed E-state index contributed by atoms with van der Waals surface area (Å²) < 4.78 is 0. The predicted molar refractivity (Wildman–Crippen MR) is 81.6 cm³/mol. The Bertz CT molecular complexity index is 613. The molecule has 2 rings (SSSR count). The van der Waals surface area contributed by atoms with Gasteiger partial charge in [-0.25, -0.2) is 0 Å². The van der Waals surface area contributed by atoms with Crippen molar-refractivity contribution >= 4 is 5.91 Å². The molecule has 0 spiro atoms. The normalized spacial score (nSPS) is 21.6. The zero-order valence-electron chi connectivity index (χ0n) is 12.3. The van der Waals surface area contributed by atoms with Crippen LogP contribution in [0.3, 0.4) is 0 Å². The van der Waals surface area contributed by atoms with Crippen molar-refractivity contribution in [1.82, 2.24) is 10.3 Å². The number of hydrogen-bond donors (Lipinski definition) is 1. The van der Waals surface area contributed by atoms with Gasteiger partial charge in [-0.2, -0.15) is 5.26 Å². The maximum Gasteiger partial charge on any atom is 0.253 e. The molecule has 1 aliphatic carbocycles. The third-order valence-electron chi connectivity index (χ3n) is 3.70. The van der Waals surface area contributed by atoms with Crippen molar-refractivity contribution in [2.24, 2.45) is 5.92 Å². The Balaban J connectivity index is 2.09. The molecule has 0 bridgehead atoms. The van der Waals surface area contributed by atoms with Crippen LogP contribution in [-0.4, -0.2) is 16.9 Å². The summed E-state index contributed by atoms with van der Waals surface area (Å²) in [5.74, 6) is 0.213. The first-order valence-electron chi connectivity index (χ1n) is 7.09. The molecule has 1 amide bonds. The molecule has 21 heavy (non-hydrogen) atoms. The van der Waals surface area contributed by atoms with Gasteiger partial charge in [0, 0.05) is 18.8 Å². The number of carbonyl (C=O) groups excluding carboxylic acids is 1. The minimum Gasteiger partial charge on any atom is -0.345 e. The Morgan fingerprint density at radius 1 is 1.43 bits per heavy atom. The second-order valence-corrected chi connectivity index (χ2v) is 5.40. The fraction of sp³-hybridized carbons (Fsp3) is 0.353. The zero-order chi connectivity index (χ0) is 15.2. The lowest BCUT2D eigenvalue weighted by molar-refractivity contribution is 0.0938. The Labute approximate surface area is 125 Å². The molecular weight excluding hydrogens is 262 g/mol. The second kappa shape index (κ2) is 6.85. The van der Waals surface area contributed by atoms with Crippen molar-refractivity contribution in [3.8, 4) is 6.07 Å². The van der Waals surface area contributed by atoms with Crippen LogP contribution in [0.4, 0.5) is 0 Å². The summed E-state index contributed by atoms with van der Waals surface area (Å²) in [6.07, 6.45) is 11.7. The predicted octanol–water partition coefficient (Wildman–Crippen LogP) is 2.96. The van der Waals surface area contributed by atoms with Gasteiger partial charge in [0.1, 0.15) is 0 Å². The first-order valence-corrected chi connectivity index (χ1v) is 7.09. The summed E-state index contributed by atoms with van der Waals surface area (Å²) in [6.45, 7) is 4.02. The number of pyridine rings is 1. The molecule has 1 aliphatic rings. The first-order chi connectivity index (χ1) is 10.1. The number of nitrogens with one attached hydrogen (secondary N) is 1. The van der Waals surface area contributed by atoms with Gasteiger partial charge in [0.25, 0.3) is 5.91 Å². The zero-order valence-corrected chi connectivity index (χ0v) is 12.3. The highest BCUT2D eigenvalue weighted by Gasteiger charge is 2.18. The molecule has 3 atom stereocenters. The Kier molecular flexibility index (Phi) is 4.89. The topological polar surface area (TPSA) is 65.8 Å². The summed E-state index contributed by atoms with van der Waals surface area (Å²) in [7, 11) is 0. The molecule has 108 valence electrons. The van der Waals surface area contributed by atoms with Crippen LogP contribution in [0.1, 0.15) is 42.1 Å². The minimum atomic E-state index is -0.134. The lowest BCUT2D eigenvalue weighted by Crippen LogP contribution is -2.38. The summed E-state index contributed by atoms with van der Waals surface area (Å²) in [4.78, 5) is 16.4. The van der Waals surface area contributed by atoms with E-state index in [1.165, 1.54) is 0 Å². The average Bonchev–Trinajstić information content (AvgIpc) is 2.50. The van der Waals surface area contributed by atoms with E-state index >= 15 is 0 Å². The number of nitrogens with zero attached hydrogens (tertiary/aromatic N) is 2. The molecule has 0 aliphatic heterocycles. The van der Waals surface area contributed by atoms with Crippen molar-refractivity contribution < 1.29 is 4.79 Å². The number of hydrogen-bond acceptors (Lipinski definition) is 3. The number of aromatic nitrogens is 1. The molecule has 0 radical (unpaired) electrons. The van der Waals surface area contributed by atoms with Crippen LogP contribution >= 0.6 is 0 Å². The molecule has 0 saturated carbocycles. The van der Waals surface area contributed by atoms with E-state index in [9.17, 15) is 4.79 Å². The van der Waals surface area contributed by atoms with Gasteiger partial charge in [-0.15, -0.1) is 0 Å². The van der Waals surface area contributed by atoms with Crippen LogP contribution in [0.2, 0.25) is 0 Å². The molecule has 1 N–H and O–H groups in total. The lowest BCUT2D eigenvalue weighted by Gasteiger charge is -2.21. The van der Waals surface area contributed by atoms with Crippen LogP contribution in [0.25, 0.3) is 0 Å². The molecule has 4 nitrogen and oxygen atoms in total. The Morgan fingerprint density at radius 2 is 2.19 bits per heavy atom. The fourth-order valence-electron chi connectivity index (χ4n) is 2.24. The van der Waals surface area contributed by atoms with Gasteiger partial charge < -0.3 is 5.32 Å². The highest BCUT2D eigenvalue weighted by Crippen LogP contribution is 2.19. The number of carbonyl (C=O) groups is 1. The van der Waals surface area contributed by atoms with Crippen molar-refractivity contribution in [1.29, 1.82) is 5.26 Å². The third kappa shape index (κ3) is 3.79. The van der Waals surface area contributed by atoms with Crippen LogP contribution in [0, 0.1) is 17.2 Å². The monoisotopic (exact) mass is 281 g/mol. The lowest BCUT2D eigenvalue weighted by atomic mass is 9.96. The van der Waals surface area contributed by atoms with Gasteiger partial charge in [-0.3, -0.25) is 9.78 Å². The van der Waals surface area contributed by atoms with Crippen molar-refractivity contribution in [3.05, 3.63) is 53.9 Å². The molecule has 1 heterocycles. The van der Waals surface area contributed by atoms with E-state index in [2.05, 4.69) is 29.4 Å². The number of nitriles is 1. The summed E-state index contributed by atoms with van der Waals surface area (Å²) >= 11 is 0. The minimum absolute atomic E-state index is 0.00249. The van der Waals surface area contributed by atoms with Crippen LogP contribution in [0.15, 0.2) is 42.8 Å². The molecule has 1 aromatic heterocycles. The largest absolute Gasteiger partial charge is 0.345 e. The van der Waals surface area contributed by atoms with Crippen LogP contribution in [-0.2, 0) is 0 Å². The highest BCUT2D eigenvalue weighted by atomic mass is 16.1. The Morgan fingerprint density at radius 3 is 2.90 bits per heavy atom. The maximum atomic E-state index is 12.3. The Hall–Kier alpha value is -2.41. The molecule has 4 heteroatoms. The third-order valence-corrected chi connectivity index (χ3v) is 3.70. The molecule has 1 aromatic rings. The second-order valence-electron chi connectivity index (χ2n) is 5.40. The van der Waals surface area contributed by atoms with E-state index in [0.29, 0.717) is 12.0 Å². The van der Waals surface area contributed by atoms with E-state index < -0.39 is 0 Å².